The average molecular weight is 305 g/mol. The standard InChI is InChI=1S/C18H27NO3/c1-10-7-12-8-15(22-11(2)20)14-4-6-17(21)19-16-5-3-13(12)18(14,16)9-10/h10,12-16H,3-9H2,1-2H3,(H,19,21)/t10-,12-,13-,14-,15-,16-,18-/m1/s1. The lowest BCUT2D eigenvalue weighted by atomic mass is 9.48. The maximum absolute atomic E-state index is 12.2. The van der Waals surface area contributed by atoms with Gasteiger partial charge in [-0.25, -0.2) is 0 Å². The van der Waals surface area contributed by atoms with Gasteiger partial charge in [0.05, 0.1) is 0 Å². The van der Waals surface area contributed by atoms with Crippen molar-refractivity contribution in [3.05, 3.63) is 0 Å². The van der Waals surface area contributed by atoms with Gasteiger partial charge in [0.25, 0.3) is 0 Å². The minimum atomic E-state index is -0.163. The second kappa shape index (κ2) is 4.97. The van der Waals surface area contributed by atoms with Crippen LogP contribution in [0.3, 0.4) is 0 Å². The number of esters is 1. The molecule has 1 amide bonds. The first-order valence-corrected chi connectivity index (χ1v) is 8.97. The summed E-state index contributed by atoms with van der Waals surface area (Å²) < 4.78 is 5.76. The molecule has 1 N–H and O–H groups in total. The van der Waals surface area contributed by atoms with Crippen LogP contribution in [0.1, 0.15) is 58.8 Å². The van der Waals surface area contributed by atoms with Crippen LogP contribution in [0.4, 0.5) is 0 Å². The van der Waals surface area contributed by atoms with Crippen molar-refractivity contribution in [1.82, 2.24) is 5.32 Å². The van der Waals surface area contributed by atoms with Crippen molar-refractivity contribution in [1.29, 1.82) is 0 Å². The molecule has 0 radical (unpaired) electrons. The Morgan fingerprint density at radius 2 is 2.05 bits per heavy atom. The second-order valence-electron chi connectivity index (χ2n) is 8.25. The van der Waals surface area contributed by atoms with Gasteiger partial charge >= 0.3 is 5.97 Å². The molecular weight excluding hydrogens is 278 g/mol. The van der Waals surface area contributed by atoms with E-state index in [2.05, 4.69) is 12.2 Å². The third-order valence-electron chi connectivity index (χ3n) is 7.09. The minimum absolute atomic E-state index is 0.0274. The van der Waals surface area contributed by atoms with Crippen LogP contribution in [-0.2, 0) is 14.3 Å². The van der Waals surface area contributed by atoms with Crippen molar-refractivity contribution in [2.45, 2.75) is 70.9 Å². The predicted molar refractivity (Wildman–Crippen MR) is 81.9 cm³/mol. The van der Waals surface area contributed by atoms with Crippen LogP contribution < -0.4 is 5.32 Å². The zero-order valence-electron chi connectivity index (χ0n) is 13.6. The van der Waals surface area contributed by atoms with Crippen LogP contribution in [0.2, 0.25) is 0 Å². The average Bonchev–Trinajstić information content (AvgIpc) is 2.71. The minimum Gasteiger partial charge on any atom is -0.462 e. The molecule has 2 bridgehead atoms. The normalized spacial score (nSPS) is 49.8. The van der Waals surface area contributed by atoms with Crippen molar-refractivity contribution in [2.24, 2.45) is 29.1 Å². The molecular formula is C18H27NO3. The van der Waals surface area contributed by atoms with Crippen molar-refractivity contribution < 1.29 is 14.3 Å². The van der Waals surface area contributed by atoms with Gasteiger partial charge < -0.3 is 10.1 Å². The fourth-order valence-electron chi connectivity index (χ4n) is 6.79. The van der Waals surface area contributed by atoms with Crippen molar-refractivity contribution in [3.8, 4) is 0 Å². The Balaban J connectivity index is 1.77. The van der Waals surface area contributed by atoms with Crippen LogP contribution in [0.25, 0.3) is 0 Å². The maximum atomic E-state index is 12.2. The van der Waals surface area contributed by atoms with Crippen LogP contribution in [0, 0.1) is 29.1 Å². The SMILES string of the molecule is CC(=O)O[C@@H]1C[C@H]2C[C@@H](C)C[C@]34[C@@H]2CC[C@H]3NC(=O)CC[C@H]14. The molecule has 0 aromatic heterocycles. The van der Waals surface area contributed by atoms with E-state index in [0.29, 0.717) is 24.3 Å². The summed E-state index contributed by atoms with van der Waals surface area (Å²) >= 11 is 0. The lowest BCUT2D eigenvalue weighted by Crippen LogP contribution is -2.59. The van der Waals surface area contributed by atoms with Crippen LogP contribution in [0.15, 0.2) is 0 Å². The molecule has 1 aliphatic heterocycles. The van der Waals surface area contributed by atoms with Crippen molar-refractivity contribution >= 4 is 11.9 Å². The second-order valence-corrected chi connectivity index (χ2v) is 8.25. The molecule has 0 unspecified atom stereocenters. The number of ether oxygens (including phenoxy) is 1. The Hall–Kier alpha value is -1.06. The molecule has 0 aromatic rings. The zero-order chi connectivity index (χ0) is 15.5. The third-order valence-corrected chi connectivity index (χ3v) is 7.09. The number of hydrogen-bond acceptors (Lipinski definition) is 3. The fourth-order valence-corrected chi connectivity index (χ4v) is 6.79. The Kier molecular flexibility index (Phi) is 3.28. The molecule has 122 valence electrons. The van der Waals surface area contributed by atoms with E-state index in [0.717, 1.165) is 31.1 Å². The fraction of sp³-hybridized carbons (Fsp3) is 0.889. The molecule has 1 saturated heterocycles. The summed E-state index contributed by atoms with van der Waals surface area (Å²) in [6, 6.07) is 0.307. The topological polar surface area (TPSA) is 55.4 Å². The largest absolute Gasteiger partial charge is 0.462 e. The first-order valence-electron chi connectivity index (χ1n) is 8.97. The predicted octanol–water partition coefficient (Wildman–Crippen LogP) is 2.66. The molecule has 4 fully saturated rings. The van der Waals surface area contributed by atoms with E-state index in [1.54, 1.807) is 0 Å². The van der Waals surface area contributed by atoms with Gasteiger partial charge in [-0.15, -0.1) is 0 Å². The number of rotatable bonds is 1. The molecule has 3 aliphatic carbocycles. The molecule has 4 heteroatoms. The molecule has 3 saturated carbocycles. The lowest BCUT2D eigenvalue weighted by molar-refractivity contribution is -0.174. The summed E-state index contributed by atoms with van der Waals surface area (Å²) in [4.78, 5) is 23.8. The van der Waals surface area contributed by atoms with Gasteiger partial charge in [0, 0.05) is 30.7 Å². The number of carbonyl (C=O) groups is 2. The molecule has 1 heterocycles. The summed E-state index contributed by atoms with van der Waals surface area (Å²) in [5.41, 5.74) is 0.187. The Bertz CT molecular complexity index is 505. The van der Waals surface area contributed by atoms with Crippen LogP contribution in [-0.4, -0.2) is 24.0 Å². The van der Waals surface area contributed by atoms with E-state index in [4.69, 9.17) is 4.74 Å². The quantitative estimate of drug-likeness (QED) is 0.758. The highest BCUT2D eigenvalue weighted by Crippen LogP contribution is 2.66. The van der Waals surface area contributed by atoms with Crippen LogP contribution >= 0.6 is 0 Å². The van der Waals surface area contributed by atoms with Crippen molar-refractivity contribution in [3.63, 3.8) is 0 Å². The Morgan fingerprint density at radius 1 is 1.23 bits per heavy atom. The highest BCUT2D eigenvalue weighted by Gasteiger charge is 2.65. The van der Waals surface area contributed by atoms with E-state index < -0.39 is 0 Å². The molecule has 22 heavy (non-hydrogen) atoms. The van der Waals surface area contributed by atoms with Gasteiger partial charge in [-0.1, -0.05) is 6.92 Å². The van der Waals surface area contributed by atoms with E-state index in [1.807, 2.05) is 0 Å². The summed E-state index contributed by atoms with van der Waals surface area (Å²) in [6.07, 6.45) is 7.33. The highest BCUT2D eigenvalue weighted by atomic mass is 16.5. The number of carbonyl (C=O) groups excluding carboxylic acids is 2. The monoisotopic (exact) mass is 305 g/mol. The van der Waals surface area contributed by atoms with Crippen LogP contribution in [0.5, 0.6) is 0 Å². The number of nitrogens with one attached hydrogen (secondary N) is 1. The first-order chi connectivity index (χ1) is 10.5. The number of hydrogen-bond donors (Lipinski definition) is 1. The zero-order valence-corrected chi connectivity index (χ0v) is 13.6. The van der Waals surface area contributed by atoms with E-state index in [-0.39, 0.29) is 23.4 Å². The lowest BCUT2D eigenvalue weighted by Gasteiger charge is -2.58. The van der Waals surface area contributed by atoms with Crippen molar-refractivity contribution in [2.75, 3.05) is 0 Å². The summed E-state index contributed by atoms with van der Waals surface area (Å²) in [5.74, 6) is 2.52. The smallest absolute Gasteiger partial charge is 0.302 e. The van der Waals surface area contributed by atoms with Gasteiger partial charge in [0.15, 0.2) is 0 Å². The summed E-state index contributed by atoms with van der Waals surface area (Å²) in [5, 5.41) is 3.33. The summed E-state index contributed by atoms with van der Waals surface area (Å²) in [6.45, 7) is 3.89. The Labute approximate surface area is 132 Å². The molecule has 0 aromatic carbocycles. The highest BCUT2D eigenvalue weighted by molar-refractivity contribution is 5.77. The molecule has 4 aliphatic rings. The first kappa shape index (κ1) is 14.5. The molecule has 4 rings (SSSR count). The Morgan fingerprint density at radius 3 is 2.82 bits per heavy atom. The van der Waals surface area contributed by atoms with Gasteiger partial charge in [-0.3, -0.25) is 9.59 Å². The summed E-state index contributed by atoms with van der Waals surface area (Å²) in [7, 11) is 0. The molecule has 1 spiro atoms. The third kappa shape index (κ3) is 1.95. The van der Waals surface area contributed by atoms with Gasteiger partial charge in [-0.05, 0) is 56.3 Å². The van der Waals surface area contributed by atoms with Gasteiger partial charge in [-0.2, -0.15) is 0 Å². The van der Waals surface area contributed by atoms with Gasteiger partial charge in [0.1, 0.15) is 6.10 Å². The van der Waals surface area contributed by atoms with Gasteiger partial charge in [0.2, 0.25) is 5.91 Å². The number of amides is 1. The van der Waals surface area contributed by atoms with E-state index in [1.165, 1.54) is 26.2 Å². The van der Waals surface area contributed by atoms with E-state index in [9.17, 15) is 9.59 Å². The maximum Gasteiger partial charge on any atom is 0.302 e. The van der Waals surface area contributed by atoms with E-state index >= 15 is 0 Å². The molecule has 7 atom stereocenters. The molecule has 4 nitrogen and oxygen atoms in total.